The minimum atomic E-state index is -0.0180. The third kappa shape index (κ3) is 3.03. The van der Waals surface area contributed by atoms with E-state index in [1.54, 1.807) is 6.26 Å². The van der Waals surface area contributed by atoms with Crippen LogP contribution < -0.4 is 5.73 Å². The van der Waals surface area contributed by atoms with Crippen molar-refractivity contribution in [2.75, 3.05) is 0 Å². The largest absolute Gasteiger partial charge is 0.439 e. The lowest BCUT2D eigenvalue weighted by molar-refractivity contribution is 0.454. The van der Waals surface area contributed by atoms with Crippen LogP contribution in [-0.2, 0) is 0 Å². The molecule has 5 heteroatoms. The zero-order chi connectivity index (χ0) is 12.4. The molecular formula is C12H13ClN2OS. The molecule has 1 atom stereocenters. The van der Waals surface area contributed by atoms with Gasteiger partial charge in [-0.3, -0.25) is 0 Å². The monoisotopic (exact) mass is 268 g/mol. The molecule has 90 valence electrons. The Hall–Kier alpha value is -0.970. The molecule has 2 rings (SSSR count). The first-order valence-corrected chi connectivity index (χ1v) is 6.40. The van der Waals surface area contributed by atoms with Crippen LogP contribution in [0, 0.1) is 6.92 Å². The normalized spacial score (nSPS) is 12.7. The Bertz CT molecular complexity index is 525. The fourth-order valence-electron chi connectivity index (χ4n) is 1.36. The van der Waals surface area contributed by atoms with Crippen molar-refractivity contribution in [2.24, 2.45) is 5.73 Å². The Morgan fingerprint density at radius 1 is 1.47 bits per heavy atom. The maximum Gasteiger partial charge on any atom is 0.260 e. The molecule has 1 unspecified atom stereocenters. The second-order valence-electron chi connectivity index (χ2n) is 3.84. The summed E-state index contributed by atoms with van der Waals surface area (Å²) in [6.07, 6.45) is 1.62. The summed E-state index contributed by atoms with van der Waals surface area (Å²) >= 11 is 7.59. The van der Waals surface area contributed by atoms with Crippen molar-refractivity contribution in [1.29, 1.82) is 0 Å². The molecule has 0 aliphatic rings. The number of aromatic nitrogens is 1. The van der Waals surface area contributed by atoms with Crippen LogP contribution in [0.15, 0.2) is 39.0 Å². The van der Waals surface area contributed by atoms with E-state index in [0.717, 1.165) is 16.2 Å². The summed E-state index contributed by atoms with van der Waals surface area (Å²) in [5.74, 6) is 0. The number of benzene rings is 1. The Morgan fingerprint density at radius 3 is 2.76 bits per heavy atom. The van der Waals surface area contributed by atoms with Gasteiger partial charge in [-0.05, 0) is 43.3 Å². The van der Waals surface area contributed by atoms with E-state index < -0.39 is 0 Å². The summed E-state index contributed by atoms with van der Waals surface area (Å²) in [5.41, 5.74) is 7.67. The van der Waals surface area contributed by atoms with Gasteiger partial charge in [0.15, 0.2) is 0 Å². The molecule has 2 N–H and O–H groups in total. The van der Waals surface area contributed by atoms with Crippen molar-refractivity contribution in [3.8, 4) is 0 Å². The molecule has 0 fully saturated rings. The van der Waals surface area contributed by atoms with Crippen molar-refractivity contribution in [2.45, 2.75) is 30.0 Å². The molecule has 0 aliphatic carbocycles. The van der Waals surface area contributed by atoms with E-state index in [9.17, 15) is 0 Å². The summed E-state index contributed by atoms with van der Waals surface area (Å²) in [6, 6.07) is 5.76. The highest BCUT2D eigenvalue weighted by Crippen LogP contribution is 2.33. The van der Waals surface area contributed by atoms with Crippen LogP contribution in [0.1, 0.15) is 24.2 Å². The van der Waals surface area contributed by atoms with Crippen LogP contribution >= 0.6 is 23.4 Å². The second kappa shape index (κ2) is 5.12. The Kier molecular flexibility index (Phi) is 3.76. The lowest BCUT2D eigenvalue weighted by atomic mass is 10.1. The molecular weight excluding hydrogens is 256 g/mol. The highest BCUT2D eigenvalue weighted by atomic mass is 35.5. The first kappa shape index (κ1) is 12.5. The SMILES string of the molecule is Cc1coc(Sc2ccc(C(C)N)cc2Cl)n1. The summed E-state index contributed by atoms with van der Waals surface area (Å²) in [4.78, 5) is 5.13. The highest BCUT2D eigenvalue weighted by molar-refractivity contribution is 7.99. The van der Waals surface area contributed by atoms with Gasteiger partial charge in [0.1, 0.15) is 6.26 Å². The predicted molar refractivity (Wildman–Crippen MR) is 69.4 cm³/mol. The standard InChI is InChI=1S/C12H13ClN2OS/c1-7-6-16-12(15-7)17-11-4-3-9(8(2)14)5-10(11)13/h3-6,8H,14H2,1-2H3. The average Bonchev–Trinajstić information content (AvgIpc) is 2.67. The molecule has 0 bridgehead atoms. The topological polar surface area (TPSA) is 52.0 Å². The highest BCUT2D eigenvalue weighted by Gasteiger charge is 2.09. The van der Waals surface area contributed by atoms with Gasteiger partial charge in [-0.15, -0.1) is 0 Å². The third-order valence-corrected chi connectivity index (χ3v) is 3.64. The molecule has 1 heterocycles. The lowest BCUT2D eigenvalue weighted by Gasteiger charge is -2.07. The molecule has 1 aromatic carbocycles. The summed E-state index contributed by atoms with van der Waals surface area (Å²) in [5, 5.41) is 1.26. The maximum absolute atomic E-state index is 6.18. The van der Waals surface area contributed by atoms with Crippen LogP contribution in [0.2, 0.25) is 5.02 Å². The van der Waals surface area contributed by atoms with E-state index in [1.165, 1.54) is 11.8 Å². The van der Waals surface area contributed by atoms with Gasteiger partial charge in [-0.2, -0.15) is 0 Å². The van der Waals surface area contributed by atoms with E-state index in [0.29, 0.717) is 10.2 Å². The van der Waals surface area contributed by atoms with Crippen LogP contribution in [0.25, 0.3) is 0 Å². The van der Waals surface area contributed by atoms with E-state index >= 15 is 0 Å². The molecule has 17 heavy (non-hydrogen) atoms. The molecule has 0 radical (unpaired) electrons. The van der Waals surface area contributed by atoms with E-state index in [2.05, 4.69) is 4.98 Å². The molecule has 0 amide bonds. The van der Waals surface area contributed by atoms with Crippen LogP contribution in [0.5, 0.6) is 0 Å². The number of hydrogen-bond donors (Lipinski definition) is 1. The van der Waals surface area contributed by atoms with E-state index in [1.807, 2.05) is 32.0 Å². The number of oxazole rings is 1. The fraction of sp³-hybridized carbons (Fsp3) is 0.250. The number of nitrogens with two attached hydrogens (primary N) is 1. The van der Waals surface area contributed by atoms with Crippen molar-refractivity contribution >= 4 is 23.4 Å². The number of nitrogens with zero attached hydrogens (tertiary/aromatic N) is 1. The van der Waals surface area contributed by atoms with Crippen molar-refractivity contribution in [3.05, 3.63) is 40.7 Å². The smallest absolute Gasteiger partial charge is 0.260 e. The molecule has 2 aromatic rings. The van der Waals surface area contributed by atoms with Crippen LogP contribution in [-0.4, -0.2) is 4.98 Å². The zero-order valence-electron chi connectivity index (χ0n) is 9.61. The van der Waals surface area contributed by atoms with Crippen molar-refractivity contribution in [3.63, 3.8) is 0 Å². The van der Waals surface area contributed by atoms with Crippen LogP contribution in [0.3, 0.4) is 0 Å². The summed E-state index contributed by atoms with van der Waals surface area (Å²) in [6.45, 7) is 3.81. The van der Waals surface area contributed by atoms with Gasteiger partial charge < -0.3 is 10.2 Å². The summed E-state index contributed by atoms with van der Waals surface area (Å²) in [7, 11) is 0. The third-order valence-electron chi connectivity index (χ3n) is 2.28. The van der Waals surface area contributed by atoms with Gasteiger partial charge >= 0.3 is 0 Å². The number of rotatable bonds is 3. The molecule has 0 spiro atoms. The molecule has 1 aromatic heterocycles. The van der Waals surface area contributed by atoms with Gasteiger partial charge in [0.25, 0.3) is 5.22 Å². The van der Waals surface area contributed by atoms with Gasteiger partial charge in [0, 0.05) is 10.9 Å². The maximum atomic E-state index is 6.18. The van der Waals surface area contributed by atoms with Gasteiger partial charge in [-0.25, -0.2) is 4.98 Å². The van der Waals surface area contributed by atoms with Crippen LogP contribution in [0.4, 0.5) is 0 Å². The predicted octanol–water partition coefficient (Wildman–Crippen LogP) is 3.81. The van der Waals surface area contributed by atoms with E-state index in [-0.39, 0.29) is 6.04 Å². The lowest BCUT2D eigenvalue weighted by Crippen LogP contribution is -2.04. The minimum absolute atomic E-state index is 0.0180. The Balaban J connectivity index is 2.22. The zero-order valence-corrected chi connectivity index (χ0v) is 11.2. The first-order chi connectivity index (χ1) is 8.06. The summed E-state index contributed by atoms with van der Waals surface area (Å²) < 4.78 is 5.27. The molecule has 3 nitrogen and oxygen atoms in total. The van der Waals surface area contributed by atoms with E-state index in [4.69, 9.17) is 21.8 Å². The quantitative estimate of drug-likeness (QED) is 0.920. The first-order valence-electron chi connectivity index (χ1n) is 5.21. The molecule has 0 saturated heterocycles. The van der Waals surface area contributed by atoms with Crippen molar-refractivity contribution < 1.29 is 4.42 Å². The fourth-order valence-corrected chi connectivity index (χ4v) is 2.43. The minimum Gasteiger partial charge on any atom is -0.439 e. The number of aryl methyl sites for hydroxylation is 1. The van der Waals surface area contributed by atoms with Gasteiger partial charge in [-0.1, -0.05) is 17.7 Å². The van der Waals surface area contributed by atoms with Crippen molar-refractivity contribution in [1.82, 2.24) is 4.98 Å². The second-order valence-corrected chi connectivity index (χ2v) is 5.24. The average molecular weight is 269 g/mol. The van der Waals surface area contributed by atoms with Gasteiger partial charge in [0.2, 0.25) is 0 Å². The molecule has 0 saturated carbocycles. The Morgan fingerprint density at radius 2 is 2.24 bits per heavy atom. The number of halogens is 1. The van der Waals surface area contributed by atoms with Gasteiger partial charge in [0.05, 0.1) is 10.7 Å². The number of hydrogen-bond acceptors (Lipinski definition) is 4. The molecule has 0 aliphatic heterocycles. The Labute approximate surface area is 109 Å².